The Bertz CT molecular complexity index is 425. The summed E-state index contributed by atoms with van der Waals surface area (Å²) in [5, 5.41) is 15.7. The van der Waals surface area contributed by atoms with Crippen LogP contribution in [0.1, 0.15) is 12.8 Å². The Hall–Kier alpha value is -0.510. The van der Waals surface area contributed by atoms with Crippen molar-refractivity contribution < 1.29 is 13.5 Å². The van der Waals surface area contributed by atoms with Crippen molar-refractivity contribution in [2.45, 2.75) is 17.9 Å². The first-order chi connectivity index (χ1) is 7.49. The highest BCUT2D eigenvalue weighted by molar-refractivity contribution is 9.10. The molecule has 0 saturated carbocycles. The Morgan fingerprint density at radius 2 is 2.19 bits per heavy atom. The Kier molecular flexibility index (Phi) is 4.84. The number of nitrogens with zero attached hydrogens (tertiary/aromatic N) is 3. The van der Waals surface area contributed by atoms with Gasteiger partial charge in [0.15, 0.2) is 4.60 Å². The van der Waals surface area contributed by atoms with Gasteiger partial charge in [-0.1, -0.05) is 5.21 Å². The summed E-state index contributed by atoms with van der Waals surface area (Å²) in [4.78, 5) is 0. The molecule has 1 heterocycles. The average molecular weight is 313 g/mol. The van der Waals surface area contributed by atoms with Gasteiger partial charge in [-0.2, -0.15) is 0 Å². The second-order valence-corrected chi connectivity index (χ2v) is 5.57. The lowest BCUT2D eigenvalue weighted by Crippen LogP contribution is -2.27. The number of rotatable bonds is 6. The quantitative estimate of drug-likeness (QED) is 0.698. The fraction of sp³-hybridized carbons (Fsp3) is 0.714. The number of hydrogen-bond donors (Lipinski definition) is 2. The highest BCUT2D eigenvalue weighted by Gasteiger charge is 2.22. The number of unbranched alkanes of at least 4 members (excludes halogenated alkanes) is 1. The van der Waals surface area contributed by atoms with E-state index in [0.29, 0.717) is 12.8 Å². The molecule has 0 aliphatic carbocycles. The zero-order chi connectivity index (χ0) is 12.2. The molecule has 0 spiro atoms. The molecular formula is C7H13BrN4O3S. The predicted molar refractivity (Wildman–Crippen MR) is 60.2 cm³/mol. The minimum absolute atomic E-state index is 0.00324. The third kappa shape index (κ3) is 3.24. The van der Waals surface area contributed by atoms with Crippen molar-refractivity contribution in [2.75, 3.05) is 13.2 Å². The maximum absolute atomic E-state index is 11.8. The van der Waals surface area contributed by atoms with Crippen LogP contribution in [0.5, 0.6) is 0 Å². The summed E-state index contributed by atoms with van der Waals surface area (Å²) in [6.07, 6.45) is 1.14. The molecule has 0 fully saturated rings. The Morgan fingerprint density at radius 1 is 1.50 bits per heavy atom. The van der Waals surface area contributed by atoms with E-state index < -0.39 is 10.0 Å². The zero-order valence-corrected chi connectivity index (χ0v) is 11.1. The van der Waals surface area contributed by atoms with Crippen molar-refractivity contribution in [3.63, 3.8) is 0 Å². The fourth-order valence-electron chi connectivity index (χ4n) is 1.12. The molecule has 2 N–H and O–H groups in total. The van der Waals surface area contributed by atoms with Gasteiger partial charge >= 0.3 is 0 Å². The summed E-state index contributed by atoms with van der Waals surface area (Å²) in [5.41, 5.74) is 0. The number of aromatic nitrogens is 3. The van der Waals surface area contributed by atoms with Gasteiger partial charge in [0, 0.05) is 20.2 Å². The molecule has 1 aromatic heterocycles. The van der Waals surface area contributed by atoms with Crippen molar-refractivity contribution in [3.8, 4) is 0 Å². The van der Waals surface area contributed by atoms with Crippen molar-refractivity contribution in [1.29, 1.82) is 0 Å². The molecular weight excluding hydrogens is 300 g/mol. The van der Waals surface area contributed by atoms with E-state index in [1.54, 1.807) is 0 Å². The third-order valence-corrected chi connectivity index (χ3v) is 4.22. The van der Waals surface area contributed by atoms with Gasteiger partial charge in [0.05, 0.1) is 0 Å². The lowest BCUT2D eigenvalue weighted by molar-refractivity contribution is 0.285. The molecule has 0 bridgehead atoms. The molecule has 0 atom stereocenters. The van der Waals surface area contributed by atoms with E-state index >= 15 is 0 Å². The van der Waals surface area contributed by atoms with Crippen LogP contribution in [0.4, 0.5) is 0 Å². The van der Waals surface area contributed by atoms with E-state index in [4.69, 9.17) is 5.11 Å². The summed E-state index contributed by atoms with van der Waals surface area (Å²) in [6, 6.07) is 0. The first-order valence-corrected chi connectivity index (χ1v) is 6.92. The molecule has 92 valence electrons. The van der Waals surface area contributed by atoms with Crippen LogP contribution >= 0.6 is 15.9 Å². The molecule has 16 heavy (non-hydrogen) atoms. The SMILES string of the molecule is Cn1nnc(Br)c1S(=O)(=O)NCCCCO. The average Bonchev–Trinajstić information content (AvgIpc) is 2.54. The first kappa shape index (κ1) is 13.6. The monoisotopic (exact) mass is 312 g/mol. The van der Waals surface area contributed by atoms with Gasteiger partial charge in [-0.3, -0.25) is 0 Å². The van der Waals surface area contributed by atoms with Crippen LogP contribution in [0.15, 0.2) is 9.63 Å². The lowest BCUT2D eigenvalue weighted by Gasteiger charge is -2.05. The second-order valence-electron chi connectivity index (χ2n) is 3.14. The molecule has 7 nitrogen and oxygen atoms in total. The molecule has 0 saturated heterocycles. The van der Waals surface area contributed by atoms with Crippen molar-refractivity contribution in [2.24, 2.45) is 7.05 Å². The molecule has 0 aliphatic rings. The summed E-state index contributed by atoms with van der Waals surface area (Å²) in [6.45, 7) is 0.333. The smallest absolute Gasteiger partial charge is 0.260 e. The highest BCUT2D eigenvalue weighted by atomic mass is 79.9. The van der Waals surface area contributed by atoms with Gasteiger partial charge in [0.25, 0.3) is 10.0 Å². The van der Waals surface area contributed by atoms with Crippen LogP contribution in [-0.2, 0) is 17.1 Å². The van der Waals surface area contributed by atoms with Gasteiger partial charge in [0.1, 0.15) is 0 Å². The Labute approximate surface area is 102 Å². The van der Waals surface area contributed by atoms with E-state index in [1.165, 1.54) is 11.7 Å². The Balaban J connectivity index is 2.71. The van der Waals surface area contributed by atoms with Crippen molar-refractivity contribution in [3.05, 3.63) is 4.60 Å². The molecule has 1 aromatic rings. The number of hydrogen-bond acceptors (Lipinski definition) is 5. The highest BCUT2D eigenvalue weighted by Crippen LogP contribution is 2.17. The Morgan fingerprint density at radius 3 is 2.69 bits per heavy atom. The number of aliphatic hydroxyl groups is 1. The van der Waals surface area contributed by atoms with Gasteiger partial charge in [-0.25, -0.2) is 17.8 Å². The number of halogens is 1. The first-order valence-electron chi connectivity index (χ1n) is 4.64. The van der Waals surface area contributed by atoms with Gasteiger partial charge in [-0.05, 0) is 28.8 Å². The summed E-state index contributed by atoms with van der Waals surface area (Å²) >= 11 is 3.02. The normalized spacial score (nSPS) is 11.9. The second kappa shape index (κ2) is 5.71. The summed E-state index contributed by atoms with van der Waals surface area (Å²) < 4.78 is 27.4. The predicted octanol–water partition coefficient (Wildman–Crippen LogP) is -0.372. The van der Waals surface area contributed by atoms with Crippen LogP contribution in [0.2, 0.25) is 0 Å². The lowest BCUT2D eigenvalue weighted by atomic mass is 10.3. The van der Waals surface area contributed by atoms with Crippen LogP contribution < -0.4 is 4.72 Å². The van der Waals surface area contributed by atoms with E-state index in [1.807, 2.05) is 0 Å². The molecule has 0 amide bonds. The third-order valence-electron chi connectivity index (χ3n) is 1.87. The minimum atomic E-state index is -3.60. The van der Waals surface area contributed by atoms with E-state index in [9.17, 15) is 8.42 Å². The van der Waals surface area contributed by atoms with E-state index in [0.717, 1.165) is 0 Å². The number of aliphatic hydroxyl groups excluding tert-OH is 1. The molecule has 0 aromatic carbocycles. The minimum Gasteiger partial charge on any atom is -0.396 e. The van der Waals surface area contributed by atoms with Crippen LogP contribution in [0.25, 0.3) is 0 Å². The molecule has 0 radical (unpaired) electrons. The summed E-state index contributed by atoms with van der Waals surface area (Å²) in [5.74, 6) is 0. The van der Waals surface area contributed by atoms with Gasteiger partial charge in [0.2, 0.25) is 5.03 Å². The molecule has 1 rings (SSSR count). The number of aryl methyl sites for hydroxylation is 1. The standard InChI is InChI=1S/C7H13BrN4O3S/c1-12-7(6(8)10-11-12)16(14,15)9-4-2-3-5-13/h9,13H,2-5H2,1H3. The fourth-order valence-corrected chi connectivity index (χ4v) is 3.28. The van der Waals surface area contributed by atoms with Crippen LogP contribution in [0.3, 0.4) is 0 Å². The maximum Gasteiger partial charge on any atom is 0.260 e. The van der Waals surface area contributed by atoms with Gasteiger partial charge in [-0.15, -0.1) is 5.10 Å². The number of sulfonamides is 1. The van der Waals surface area contributed by atoms with Crippen molar-refractivity contribution >= 4 is 26.0 Å². The van der Waals surface area contributed by atoms with Gasteiger partial charge < -0.3 is 5.11 Å². The molecule has 0 unspecified atom stereocenters. The molecule has 0 aliphatic heterocycles. The van der Waals surface area contributed by atoms with Crippen LogP contribution in [-0.4, -0.2) is 41.7 Å². The number of nitrogens with one attached hydrogen (secondary N) is 1. The largest absolute Gasteiger partial charge is 0.396 e. The van der Waals surface area contributed by atoms with E-state index in [-0.39, 0.29) is 22.8 Å². The summed E-state index contributed by atoms with van der Waals surface area (Å²) in [7, 11) is -2.10. The van der Waals surface area contributed by atoms with E-state index in [2.05, 4.69) is 31.0 Å². The molecule has 9 heteroatoms. The van der Waals surface area contributed by atoms with Crippen molar-refractivity contribution in [1.82, 2.24) is 19.7 Å². The zero-order valence-electron chi connectivity index (χ0n) is 8.72. The topological polar surface area (TPSA) is 97.1 Å². The van der Waals surface area contributed by atoms with Crippen LogP contribution in [0, 0.1) is 0 Å². The maximum atomic E-state index is 11.8.